The summed E-state index contributed by atoms with van der Waals surface area (Å²) in [6, 6.07) is 1.69. The highest BCUT2D eigenvalue weighted by Gasteiger charge is 2.25. The fourth-order valence-electron chi connectivity index (χ4n) is 2.23. The average molecular weight is 325 g/mol. The van der Waals surface area contributed by atoms with E-state index in [9.17, 15) is 13.6 Å². The number of likely N-dealkylation sites (tertiary alicyclic amines) is 1. The lowest BCUT2D eigenvalue weighted by atomic mass is 9.96. The van der Waals surface area contributed by atoms with Crippen molar-refractivity contribution in [2.24, 2.45) is 11.7 Å². The molecule has 0 aromatic heterocycles. The Morgan fingerprint density at radius 2 is 1.90 bits per heavy atom. The summed E-state index contributed by atoms with van der Waals surface area (Å²) in [5.41, 5.74) is 5.30. The van der Waals surface area contributed by atoms with Gasteiger partial charge in [0, 0.05) is 13.1 Å². The standard InChI is InChI=1S/C13H15ClF2N2O.ClH/c14-10-6-11(15)9(5-12(10)16)13(19)18-3-1-8(7-17)2-4-18;/h5-6,8H,1-4,7,17H2;1H. The molecule has 0 atom stereocenters. The molecule has 0 radical (unpaired) electrons. The third kappa shape index (κ3) is 3.59. The first-order chi connectivity index (χ1) is 9.02. The number of piperidine rings is 1. The Balaban J connectivity index is 0.00000200. The topological polar surface area (TPSA) is 46.3 Å². The summed E-state index contributed by atoms with van der Waals surface area (Å²) in [6.07, 6.45) is 1.58. The van der Waals surface area contributed by atoms with Crippen LogP contribution >= 0.6 is 24.0 Å². The quantitative estimate of drug-likeness (QED) is 0.850. The van der Waals surface area contributed by atoms with Crippen LogP contribution in [0.15, 0.2) is 12.1 Å². The number of carbonyl (C=O) groups is 1. The summed E-state index contributed by atoms with van der Waals surface area (Å²) in [5, 5.41) is -0.323. The van der Waals surface area contributed by atoms with Crippen LogP contribution in [0.2, 0.25) is 5.02 Å². The summed E-state index contributed by atoms with van der Waals surface area (Å²) >= 11 is 5.46. The van der Waals surface area contributed by atoms with Crippen LogP contribution in [0.3, 0.4) is 0 Å². The Labute approximate surface area is 127 Å². The van der Waals surface area contributed by atoms with E-state index in [1.54, 1.807) is 0 Å². The van der Waals surface area contributed by atoms with Gasteiger partial charge < -0.3 is 10.6 Å². The van der Waals surface area contributed by atoms with Crippen LogP contribution < -0.4 is 5.73 Å². The molecule has 1 heterocycles. The van der Waals surface area contributed by atoms with Crippen LogP contribution in [0.4, 0.5) is 8.78 Å². The van der Waals surface area contributed by atoms with Crippen molar-refractivity contribution < 1.29 is 13.6 Å². The molecular weight excluding hydrogens is 309 g/mol. The zero-order valence-electron chi connectivity index (χ0n) is 10.7. The lowest BCUT2D eigenvalue weighted by Crippen LogP contribution is -2.40. The van der Waals surface area contributed by atoms with Crippen molar-refractivity contribution in [2.75, 3.05) is 19.6 Å². The van der Waals surface area contributed by atoms with E-state index in [0.717, 1.165) is 25.0 Å². The van der Waals surface area contributed by atoms with Gasteiger partial charge in [0.2, 0.25) is 0 Å². The molecule has 1 aliphatic rings. The van der Waals surface area contributed by atoms with E-state index in [4.69, 9.17) is 17.3 Å². The molecule has 0 bridgehead atoms. The Hall–Kier alpha value is -0.910. The second-order valence-electron chi connectivity index (χ2n) is 4.72. The summed E-state index contributed by atoms with van der Waals surface area (Å²) in [6.45, 7) is 1.63. The maximum absolute atomic E-state index is 13.7. The molecule has 2 N–H and O–H groups in total. The van der Waals surface area contributed by atoms with Crippen molar-refractivity contribution >= 4 is 29.9 Å². The summed E-state index contributed by atoms with van der Waals surface area (Å²) < 4.78 is 27.0. The molecule has 0 spiro atoms. The molecule has 1 aliphatic heterocycles. The fraction of sp³-hybridized carbons (Fsp3) is 0.462. The maximum atomic E-state index is 13.7. The molecule has 1 aromatic rings. The van der Waals surface area contributed by atoms with Gasteiger partial charge in [0.15, 0.2) is 0 Å². The molecule has 112 valence electrons. The third-order valence-electron chi connectivity index (χ3n) is 3.48. The molecule has 1 amide bonds. The van der Waals surface area contributed by atoms with Gasteiger partial charge in [0.25, 0.3) is 5.91 Å². The molecule has 3 nitrogen and oxygen atoms in total. The molecule has 7 heteroatoms. The summed E-state index contributed by atoms with van der Waals surface area (Å²) in [4.78, 5) is 13.6. The van der Waals surface area contributed by atoms with Gasteiger partial charge in [-0.05, 0) is 37.4 Å². The number of carbonyl (C=O) groups excluding carboxylic acids is 1. The zero-order chi connectivity index (χ0) is 14.0. The van der Waals surface area contributed by atoms with Crippen LogP contribution in [0.5, 0.6) is 0 Å². The molecule has 20 heavy (non-hydrogen) atoms. The predicted octanol–water partition coefficient (Wildman–Crippen LogP) is 2.85. The van der Waals surface area contributed by atoms with Gasteiger partial charge in [-0.15, -0.1) is 12.4 Å². The largest absolute Gasteiger partial charge is 0.339 e. The van der Waals surface area contributed by atoms with Crippen LogP contribution in [-0.2, 0) is 0 Å². The second kappa shape index (κ2) is 7.20. The van der Waals surface area contributed by atoms with E-state index >= 15 is 0 Å². The number of hydrogen-bond donors (Lipinski definition) is 1. The second-order valence-corrected chi connectivity index (χ2v) is 5.12. The van der Waals surface area contributed by atoms with E-state index in [1.165, 1.54) is 4.90 Å². The van der Waals surface area contributed by atoms with E-state index in [2.05, 4.69) is 0 Å². The average Bonchev–Trinajstić information content (AvgIpc) is 2.42. The number of halogens is 4. The Morgan fingerprint density at radius 3 is 2.45 bits per heavy atom. The fourth-order valence-corrected chi connectivity index (χ4v) is 2.38. The summed E-state index contributed by atoms with van der Waals surface area (Å²) in [5.74, 6) is -1.68. The lowest BCUT2D eigenvalue weighted by Gasteiger charge is -2.31. The molecule has 1 aromatic carbocycles. The first-order valence-electron chi connectivity index (χ1n) is 6.16. The molecule has 2 rings (SSSR count). The molecule has 0 aliphatic carbocycles. The van der Waals surface area contributed by atoms with Crippen LogP contribution in [0, 0.1) is 17.6 Å². The maximum Gasteiger partial charge on any atom is 0.256 e. The van der Waals surface area contributed by atoms with E-state index < -0.39 is 17.5 Å². The van der Waals surface area contributed by atoms with Gasteiger partial charge in [-0.2, -0.15) is 0 Å². The molecule has 0 saturated carbocycles. The number of amides is 1. The lowest BCUT2D eigenvalue weighted by molar-refractivity contribution is 0.0688. The number of hydrogen-bond acceptors (Lipinski definition) is 2. The number of nitrogens with two attached hydrogens (primary N) is 1. The van der Waals surface area contributed by atoms with Gasteiger partial charge in [0.1, 0.15) is 11.6 Å². The van der Waals surface area contributed by atoms with Crippen LogP contribution in [0.25, 0.3) is 0 Å². The van der Waals surface area contributed by atoms with E-state index in [1.807, 2.05) is 0 Å². The number of nitrogens with zero attached hydrogens (tertiary/aromatic N) is 1. The molecule has 1 saturated heterocycles. The first-order valence-corrected chi connectivity index (χ1v) is 6.54. The molecule has 1 fully saturated rings. The smallest absolute Gasteiger partial charge is 0.256 e. The van der Waals surface area contributed by atoms with Gasteiger partial charge >= 0.3 is 0 Å². The van der Waals surface area contributed by atoms with Gasteiger partial charge in [-0.25, -0.2) is 8.78 Å². The normalized spacial score (nSPS) is 15.9. The minimum absolute atomic E-state index is 0. The Morgan fingerprint density at radius 1 is 1.30 bits per heavy atom. The van der Waals surface area contributed by atoms with Gasteiger partial charge in [0.05, 0.1) is 10.6 Å². The van der Waals surface area contributed by atoms with Crippen molar-refractivity contribution in [3.63, 3.8) is 0 Å². The highest BCUT2D eigenvalue weighted by Crippen LogP contribution is 2.23. The zero-order valence-corrected chi connectivity index (χ0v) is 12.3. The monoisotopic (exact) mass is 324 g/mol. The van der Waals surface area contributed by atoms with E-state index in [-0.39, 0.29) is 23.0 Å². The number of benzene rings is 1. The van der Waals surface area contributed by atoms with Crippen molar-refractivity contribution in [1.82, 2.24) is 4.90 Å². The Bertz CT molecular complexity index is 492. The van der Waals surface area contributed by atoms with Gasteiger partial charge in [-0.3, -0.25) is 4.79 Å². The van der Waals surface area contributed by atoms with Crippen LogP contribution in [0.1, 0.15) is 23.2 Å². The van der Waals surface area contributed by atoms with E-state index in [0.29, 0.717) is 25.6 Å². The SMILES string of the molecule is Cl.NCC1CCN(C(=O)c2cc(F)c(Cl)cc2F)CC1. The van der Waals surface area contributed by atoms with Crippen LogP contribution in [-0.4, -0.2) is 30.4 Å². The minimum atomic E-state index is -0.794. The predicted molar refractivity (Wildman–Crippen MR) is 76.3 cm³/mol. The number of rotatable bonds is 2. The van der Waals surface area contributed by atoms with Gasteiger partial charge in [-0.1, -0.05) is 11.6 Å². The molecular formula is C13H16Cl2F2N2O. The first kappa shape index (κ1) is 17.1. The minimum Gasteiger partial charge on any atom is -0.339 e. The highest BCUT2D eigenvalue weighted by atomic mass is 35.5. The Kier molecular flexibility index (Phi) is 6.17. The van der Waals surface area contributed by atoms with Crippen molar-refractivity contribution in [3.05, 3.63) is 34.4 Å². The van der Waals surface area contributed by atoms with Crippen molar-refractivity contribution in [1.29, 1.82) is 0 Å². The third-order valence-corrected chi connectivity index (χ3v) is 3.77. The van der Waals surface area contributed by atoms with Crippen molar-refractivity contribution in [3.8, 4) is 0 Å². The van der Waals surface area contributed by atoms with Crippen molar-refractivity contribution in [2.45, 2.75) is 12.8 Å². The molecule has 0 unspecified atom stereocenters. The summed E-state index contributed by atoms with van der Waals surface area (Å²) in [7, 11) is 0. The highest BCUT2D eigenvalue weighted by molar-refractivity contribution is 6.30.